The molecule has 1 aliphatic rings. The minimum atomic E-state index is -1.04. The third-order valence-corrected chi connectivity index (χ3v) is 4.64. The van der Waals surface area contributed by atoms with E-state index in [1.165, 1.54) is 25.1 Å². The quantitative estimate of drug-likeness (QED) is 0.621. The fourth-order valence-electron chi connectivity index (χ4n) is 3.02. The molecule has 0 aromatic heterocycles. The van der Waals surface area contributed by atoms with Gasteiger partial charge in [0.2, 0.25) is 0 Å². The molecule has 3 rings (SSSR count). The van der Waals surface area contributed by atoms with Gasteiger partial charge in [0.1, 0.15) is 0 Å². The lowest BCUT2D eigenvalue weighted by molar-refractivity contribution is -0.123. The van der Waals surface area contributed by atoms with E-state index in [1.54, 1.807) is 26.0 Å². The molecule has 1 N–H and O–H groups in total. The van der Waals surface area contributed by atoms with Crippen LogP contribution in [0.4, 0.5) is 5.69 Å². The molecule has 7 heteroatoms. The van der Waals surface area contributed by atoms with Crippen molar-refractivity contribution in [3.63, 3.8) is 0 Å². The Morgan fingerprint density at radius 3 is 2.17 bits per heavy atom. The number of rotatable bonds is 5. The summed E-state index contributed by atoms with van der Waals surface area (Å²) in [6.45, 7) is 6.88. The lowest BCUT2D eigenvalue weighted by Crippen LogP contribution is -2.35. The zero-order chi connectivity index (χ0) is 21.3. The molecule has 150 valence electrons. The topological polar surface area (TPSA) is 92.8 Å². The second-order valence-corrected chi connectivity index (χ2v) is 7.24. The summed E-state index contributed by atoms with van der Waals surface area (Å²) in [6, 6.07) is 11.1. The highest BCUT2D eigenvalue weighted by Crippen LogP contribution is 2.26. The van der Waals surface area contributed by atoms with Crippen molar-refractivity contribution in [2.24, 2.45) is 0 Å². The molecule has 7 nitrogen and oxygen atoms in total. The van der Waals surface area contributed by atoms with E-state index in [0.29, 0.717) is 5.69 Å². The van der Waals surface area contributed by atoms with Crippen molar-refractivity contribution >= 4 is 29.4 Å². The van der Waals surface area contributed by atoms with Crippen LogP contribution in [0.2, 0.25) is 0 Å². The minimum absolute atomic E-state index is 0.102. The highest BCUT2D eigenvalue weighted by Gasteiger charge is 2.37. The van der Waals surface area contributed by atoms with Crippen LogP contribution in [0.25, 0.3) is 0 Å². The predicted octanol–water partition coefficient (Wildman–Crippen LogP) is 3.18. The third kappa shape index (κ3) is 4.03. The van der Waals surface area contributed by atoms with Crippen molar-refractivity contribution in [3.05, 3.63) is 64.7 Å². The highest BCUT2D eigenvalue weighted by atomic mass is 16.5. The first-order valence-corrected chi connectivity index (χ1v) is 9.29. The summed E-state index contributed by atoms with van der Waals surface area (Å²) in [7, 11) is 0. The Balaban J connectivity index is 1.70. The van der Waals surface area contributed by atoms with E-state index >= 15 is 0 Å². The zero-order valence-corrected chi connectivity index (χ0v) is 16.7. The number of esters is 1. The fourth-order valence-corrected chi connectivity index (χ4v) is 3.02. The van der Waals surface area contributed by atoms with E-state index < -0.39 is 23.9 Å². The first-order valence-electron chi connectivity index (χ1n) is 9.29. The van der Waals surface area contributed by atoms with Gasteiger partial charge in [0.05, 0.1) is 16.7 Å². The number of carbonyl (C=O) groups is 4. The Kier molecular flexibility index (Phi) is 5.50. The van der Waals surface area contributed by atoms with Crippen molar-refractivity contribution < 1.29 is 23.9 Å². The van der Waals surface area contributed by atoms with Gasteiger partial charge in [-0.2, -0.15) is 0 Å². The van der Waals surface area contributed by atoms with Crippen LogP contribution < -0.4 is 5.32 Å². The van der Waals surface area contributed by atoms with Crippen molar-refractivity contribution in [2.75, 3.05) is 5.32 Å². The van der Waals surface area contributed by atoms with E-state index in [0.717, 1.165) is 10.5 Å². The molecule has 29 heavy (non-hydrogen) atoms. The van der Waals surface area contributed by atoms with Gasteiger partial charge in [0, 0.05) is 11.7 Å². The average Bonchev–Trinajstić information content (AvgIpc) is 2.93. The molecule has 0 spiro atoms. The van der Waals surface area contributed by atoms with Gasteiger partial charge in [0.15, 0.2) is 6.10 Å². The number of fused-ring (bicyclic) bond motifs is 1. The molecule has 0 aliphatic carbocycles. The maximum absolute atomic E-state index is 12.5. The standard InChI is InChI=1S/C22H22N2O5/c1-12(2)24-20(26)17-10-7-15(11-18(17)21(24)27)22(28)29-14(4)19(25)23-16-8-5-13(3)6-9-16/h5-12,14H,1-4H3,(H,23,25). The van der Waals surface area contributed by atoms with E-state index in [-0.39, 0.29) is 28.6 Å². The van der Waals surface area contributed by atoms with Gasteiger partial charge >= 0.3 is 5.97 Å². The number of amides is 3. The molecular formula is C22H22N2O5. The van der Waals surface area contributed by atoms with Crippen LogP contribution in [0, 0.1) is 6.92 Å². The van der Waals surface area contributed by atoms with E-state index in [1.807, 2.05) is 19.1 Å². The monoisotopic (exact) mass is 394 g/mol. The lowest BCUT2D eigenvalue weighted by atomic mass is 10.1. The molecule has 1 heterocycles. The molecule has 3 amide bonds. The van der Waals surface area contributed by atoms with Crippen molar-refractivity contribution in [2.45, 2.75) is 39.8 Å². The number of hydrogen-bond acceptors (Lipinski definition) is 5. The number of nitrogens with zero attached hydrogens (tertiary/aromatic N) is 1. The lowest BCUT2D eigenvalue weighted by Gasteiger charge is -2.17. The Bertz CT molecular complexity index is 995. The van der Waals surface area contributed by atoms with Gasteiger partial charge in [-0.05, 0) is 58.0 Å². The van der Waals surface area contributed by atoms with Crippen LogP contribution in [0.15, 0.2) is 42.5 Å². The average molecular weight is 394 g/mol. The number of hydrogen-bond donors (Lipinski definition) is 1. The smallest absolute Gasteiger partial charge is 0.338 e. The highest BCUT2D eigenvalue weighted by molar-refractivity contribution is 6.22. The van der Waals surface area contributed by atoms with Gasteiger partial charge in [-0.15, -0.1) is 0 Å². The van der Waals surface area contributed by atoms with Crippen molar-refractivity contribution in [3.8, 4) is 0 Å². The molecule has 0 radical (unpaired) electrons. The molecule has 0 saturated heterocycles. The first-order chi connectivity index (χ1) is 13.7. The summed E-state index contributed by atoms with van der Waals surface area (Å²) in [5.74, 6) is -2.05. The van der Waals surface area contributed by atoms with Gasteiger partial charge in [-0.1, -0.05) is 17.7 Å². The number of carbonyl (C=O) groups excluding carboxylic acids is 4. The largest absolute Gasteiger partial charge is 0.449 e. The predicted molar refractivity (Wildman–Crippen MR) is 107 cm³/mol. The van der Waals surface area contributed by atoms with E-state index in [2.05, 4.69) is 5.32 Å². The second kappa shape index (κ2) is 7.87. The van der Waals surface area contributed by atoms with Gasteiger partial charge in [0.25, 0.3) is 17.7 Å². The van der Waals surface area contributed by atoms with Crippen LogP contribution in [0.5, 0.6) is 0 Å². The molecule has 0 fully saturated rings. The summed E-state index contributed by atoms with van der Waals surface area (Å²) in [6.07, 6.45) is -1.04. The summed E-state index contributed by atoms with van der Waals surface area (Å²) >= 11 is 0. The maximum atomic E-state index is 12.5. The number of anilines is 1. The molecule has 1 unspecified atom stereocenters. The number of ether oxygens (including phenoxy) is 1. The number of aryl methyl sites for hydroxylation is 1. The molecule has 2 aromatic carbocycles. The van der Waals surface area contributed by atoms with E-state index in [9.17, 15) is 19.2 Å². The Morgan fingerprint density at radius 2 is 1.55 bits per heavy atom. The summed E-state index contributed by atoms with van der Waals surface area (Å²) in [5.41, 5.74) is 2.17. The normalized spacial score (nSPS) is 14.0. The molecule has 0 bridgehead atoms. The Labute approximate surface area is 168 Å². The van der Waals surface area contributed by atoms with Crippen LogP contribution in [-0.2, 0) is 9.53 Å². The van der Waals surface area contributed by atoms with Crippen molar-refractivity contribution in [1.82, 2.24) is 4.90 Å². The summed E-state index contributed by atoms with van der Waals surface area (Å²) < 4.78 is 5.23. The molecule has 1 aliphatic heterocycles. The van der Waals surface area contributed by atoms with Crippen LogP contribution in [0.3, 0.4) is 0 Å². The fraction of sp³-hybridized carbons (Fsp3) is 0.273. The first kappa shape index (κ1) is 20.3. The van der Waals surface area contributed by atoms with Crippen LogP contribution >= 0.6 is 0 Å². The maximum Gasteiger partial charge on any atom is 0.338 e. The Hall–Kier alpha value is -3.48. The van der Waals surface area contributed by atoms with Crippen LogP contribution in [0.1, 0.15) is 57.4 Å². The summed E-state index contributed by atoms with van der Waals surface area (Å²) in [5, 5.41) is 2.68. The zero-order valence-electron chi connectivity index (χ0n) is 16.7. The second-order valence-electron chi connectivity index (χ2n) is 7.24. The third-order valence-electron chi connectivity index (χ3n) is 4.64. The number of imide groups is 1. The van der Waals surface area contributed by atoms with Gasteiger partial charge < -0.3 is 10.1 Å². The van der Waals surface area contributed by atoms with E-state index in [4.69, 9.17) is 4.74 Å². The van der Waals surface area contributed by atoms with Crippen LogP contribution in [-0.4, -0.2) is 40.7 Å². The molecule has 0 saturated carbocycles. The van der Waals surface area contributed by atoms with Crippen molar-refractivity contribution in [1.29, 1.82) is 0 Å². The number of benzene rings is 2. The summed E-state index contributed by atoms with van der Waals surface area (Å²) in [4.78, 5) is 50.7. The Morgan fingerprint density at radius 1 is 0.931 bits per heavy atom. The minimum Gasteiger partial charge on any atom is -0.449 e. The molecule has 2 aromatic rings. The molecule has 1 atom stereocenters. The van der Waals surface area contributed by atoms with Gasteiger partial charge in [-0.25, -0.2) is 4.79 Å². The SMILES string of the molecule is Cc1ccc(NC(=O)C(C)OC(=O)c2ccc3c(c2)C(=O)N(C(C)C)C3=O)cc1. The van der Waals surface area contributed by atoms with Gasteiger partial charge in [-0.3, -0.25) is 19.3 Å². The molecular weight excluding hydrogens is 372 g/mol. The number of nitrogens with one attached hydrogen (secondary N) is 1.